The molecule has 1 heterocycles. The summed E-state index contributed by atoms with van der Waals surface area (Å²) in [5, 5.41) is 2.59. The summed E-state index contributed by atoms with van der Waals surface area (Å²) in [5.41, 5.74) is -0.763. The van der Waals surface area contributed by atoms with Crippen LogP contribution < -0.4 is 10.1 Å². The van der Waals surface area contributed by atoms with Gasteiger partial charge in [0.15, 0.2) is 0 Å². The summed E-state index contributed by atoms with van der Waals surface area (Å²) in [6.07, 6.45) is -3.63. The molecule has 1 aromatic heterocycles. The Morgan fingerprint density at radius 1 is 1.33 bits per heavy atom. The second kappa shape index (κ2) is 5.93. The van der Waals surface area contributed by atoms with E-state index in [1.165, 1.54) is 7.05 Å². The first-order valence-electron chi connectivity index (χ1n) is 5.72. The molecule has 0 bridgehead atoms. The van der Waals surface area contributed by atoms with Gasteiger partial charge in [0, 0.05) is 13.1 Å². The number of pyridine rings is 1. The summed E-state index contributed by atoms with van der Waals surface area (Å²) in [6, 6.07) is 1.87. The third kappa shape index (κ3) is 4.43. The number of rotatable bonds is 5. The molecule has 1 aromatic rings. The summed E-state index contributed by atoms with van der Waals surface area (Å²) in [4.78, 5) is 3.93. The van der Waals surface area contributed by atoms with Crippen LogP contribution in [0.1, 0.15) is 25.8 Å². The first-order chi connectivity index (χ1) is 8.32. The zero-order valence-corrected chi connectivity index (χ0v) is 10.6. The quantitative estimate of drug-likeness (QED) is 0.880. The largest absolute Gasteiger partial charge is 0.478 e. The van der Waals surface area contributed by atoms with Crippen molar-refractivity contribution >= 4 is 5.82 Å². The molecule has 0 saturated carbocycles. The van der Waals surface area contributed by atoms with Gasteiger partial charge >= 0.3 is 6.18 Å². The second-order valence-corrected chi connectivity index (χ2v) is 4.36. The van der Waals surface area contributed by atoms with Gasteiger partial charge in [0.1, 0.15) is 5.82 Å². The third-order valence-electron chi connectivity index (χ3n) is 2.33. The molecule has 0 radical (unpaired) electrons. The lowest BCUT2D eigenvalue weighted by molar-refractivity contribution is -0.137. The standard InChI is InChI=1S/C12H17F3N2O/c1-8(2)4-5-18-11-7-9(12(13,14)15)6-10(16-3)17-11/h6-8H,4-5H2,1-3H3,(H,16,17). The predicted octanol–water partition coefficient (Wildman–Crippen LogP) is 3.57. The minimum absolute atomic E-state index is 0.00479. The molecular formula is C12H17F3N2O. The lowest BCUT2D eigenvalue weighted by atomic mass is 10.1. The van der Waals surface area contributed by atoms with Gasteiger partial charge in [0.25, 0.3) is 0 Å². The molecule has 0 aliphatic carbocycles. The molecule has 3 nitrogen and oxygen atoms in total. The summed E-state index contributed by atoms with van der Waals surface area (Å²) >= 11 is 0. The molecule has 0 aliphatic rings. The SMILES string of the molecule is CNc1cc(C(F)(F)F)cc(OCCC(C)C)n1. The van der Waals surface area contributed by atoms with E-state index < -0.39 is 11.7 Å². The predicted molar refractivity (Wildman–Crippen MR) is 63.7 cm³/mol. The molecule has 102 valence electrons. The maximum Gasteiger partial charge on any atom is 0.416 e. The Hall–Kier alpha value is -1.46. The molecular weight excluding hydrogens is 245 g/mol. The highest BCUT2D eigenvalue weighted by Crippen LogP contribution is 2.32. The maximum atomic E-state index is 12.6. The molecule has 0 spiro atoms. The Balaban J connectivity index is 2.84. The van der Waals surface area contributed by atoms with E-state index in [0.717, 1.165) is 18.6 Å². The first-order valence-corrected chi connectivity index (χ1v) is 5.72. The van der Waals surface area contributed by atoms with Crippen LogP contribution in [-0.4, -0.2) is 18.6 Å². The second-order valence-electron chi connectivity index (χ2n) is 4.36. The van der Waals surface area contributed by atoms with E-state index >= 15 is 0 Å². The van der Waals surface area contributed by atoms with Crippen LogP contribution in [-0.2, 0) is 6.18 Å². The Labute approximate surface area is 104 Å². The van der Waals surface area contributed by atoms with Crippen molar-refractivity contribution in [3.05, 3.63) is 17.7 Å². The third-order valence-corrected chi connectivity index (χ3v) is 2.33. The number of ether oxygens (including phenoxy) is 1. The summed E-state index contributed by atoms with van der Waals surface area (Å²) < 4.78 is 43.1. The molecule has 6 heteroatoms. The van der Waals surface area contributed by atoms with Crippen molar-refractivity contribution in [2.45, 2.75) is 26.4 Å². The van der Waals surface area contributed by atoms with Crippen molar-refractivity contribution in [3.8, 4) is 5.88 Å². The van der Waals surface area contributed by atoms with E-state index in [1.807, 2.05) is 13.8 Å². The highest BCUT2D eigenvalue weighted by Gasteiger charge is 2.31. The van der Waals surface area contributed by atoms with Crippen LogP contribution in [0.5, 0.6) is 5.88 Å². The maximum absolute atomic E-state index is 12.6. The van der Waals surface area contributed by atoms with Gasteiger partial charge in [-0.2, -0.15) is 18.2 Å². The van der Waals surface area contributed by atoms with E-state index in [4.69, 9.17) is 4.74 Å². The molecule has 0 amide bonds. The summed E-state index contributed by atoms with van der Waals surface area (Å²) in [7, 11) is 1.51. The van der Waals surface area contributed by atoms with Crippen LogP contribution in [0, 0.1) is 5.92 Å². The Kier molecular flexibility index (Phi) is 4.81. The number of nitrogens with zero attached hydrogens (tertiary/aromatic N) is 1. The molecule has 0 aromatic carbocycles. The van der Waals surface area contributed by atoms with E-state index in [9.17, 15) is 13.2 Å². The molecule has 0 fully saturated rings. The fourth-order valence-corrected chi connectivity index (χ4v) is 1.27. The van der Waals surface area contributed by atoms with Gasteiger partial charge in [-0.1, -0.05) is 13.8 Å². The molecule has 0 unspecified atom stereocenters. The lowest BCUT2D eigenvalue weighted by Gasteiger charge is -2.12. The van der Waals surface area contributed by atoms with Gasteiger partial charge in [-0.3, -0.25) is 0 Å². The van der Waals surface area contributed by atoms with E-state index in [0.29, 0.717) is 12.5 Å². The molecule has 0 saturated heterocycles. The zero-order chi connectivity index (χ0) is 13.8. The van der Waals surface area contributed by atoms with Crippen LogP contribution in [0.25, 0.3) is 0 Å². The lowest BCUT2D eigenvalue weighted by Crippen LogP contribution is -2.09. The van der Waals surface area contributed by atoms with Crippen molar-refractivity contribution in [2.24, 2.45) is 5.92 Å². The van der Waals surface area contributed by atoms with Crippen LogP contribution in [0.3, 0.4) is 0 Å². The minimum atomic E-state index is -4.40. The molecule has 0 atom stereocenters. The first kappa shape index (κ1) is 14.6. The number of aromatic nitrogens is 1. The average Bonchev–Trinajstić information content (AvgIpc) is 2.27. The number of hydrogen-bond acceptors (Lipinski definition) is 3. The fraction of sp³-hybridized carbons (Fsp3) is 0.583. The van der Waals surface area contributed by atoms with E-state index in [2.05, 4.69) is 10.3 Å². The topological polar surface area (TPSA) is 34.1 Å². The van der Waals surface area contributed by atoms with E-state index in [-0.39, 0.29) is 11.7 Å². The number of alkyl halides is 3. The van der Waals surface area contributed by atoms with Crippen LogP contribution in [0.4, 0.5) is 19.0 Å². The normalized spacial score (nSPS) is 11.7. The minimum Gasteiger partial charge on any atom is -0.478 e. The van der Waals surface area contributed by atoms with Crippen LogP contribution in [0.15, 0.2) is 12.1 Å². The summed E-state index contributed by atoms with van der Waals surface area (Å²) in [6.45, 7) is 4.39. The number of nitrogens with one attached hydrogen (secondary N) is 1. The van der Waals surface area contributed by atoms with Gasteiger partial charge in [-0.05, 0) is 18.4 Å². The monoisotopic (exact) mass is 262 g/mol. The molecule has 18 heavy (non-hydrogen) atoms. The average molecular weight is 262 g/mol. The molecule has 0 aliphatic heterocycles. The molecule has 1 rings (SSSR count). The van der Waals surface area contributed by atoms with Crippen molar-refractivity contribution < 1.29 is 17.9 Å². The number of hydrogen-bond donors (Lipinski definition) is 1. The highest BCUT2D eigenvalue weighted by molar-refractivity contribution is 5.42. The number of anilines is 1. The Morgan fingerprint density at radius 2 is 2.00 bits per heavy atom. The van der Waals surface area contributed by atoms with Gasteiger partial charge in [0.2, 0.25) is 5.88 Å². The fourth-order valence-electron chi connectivity index (χ4n) is 1.27. The van der Waals surface area contributed by atoms with E-state index in [1.54, 1.807) is 0 Å². The van der Waals surface area contributed by atoms with Gasteiger partial charge in [-0.15, -0.1) is 0 Å². The van der Waals surface area contributed by atoms with Gasteiger partial charge in [-0.25, -0.2) is 0 Å². The van der Waals surface area contributed by atoms with Crippen LogP contribution in [0.2, 0.25) is 0 Å². The number of halogens is 3. The zero-order valence-electron chi connectivity index (χ0n) is 10.6. The highest BCUT2D eigenvalue weighted by atomic mass is 19.4. The molecule has 1 N–H and O–H groups in total. The van der Waals surface area contributed by atoms with Gasteiger partial charge < -0.3 is 10.1 Å². The Morgan fingerprint density at radius 3 is 2.50 bits per heavy atom. The van der Waals surface area contributed by atoms with Crippen LogP contribution >= 0.6 is 0 Å². The smallest absolute Gasteiger partial charge is 0.416 e. The van der Waals surface area contributed by atoms with Crippen molar-refractivity contribution in [1.29, 1.82) is 0 Å². The summed E-state index contributed by atoms with van der Waals surface area (Å²) in [5.74, 6) is 0.568. The van der Waals surface area contributed by atoms with Crippen molar-refractivity contribution in [1.82, 2.24) is 4.98 Å². The van der Waals surface area contributed by atoms with Crippen molar-refractivity contribution in [3.63, 3.8) is 0 Å². The van der Waals surface area contributed by atoms with Crippen molar-refractivity contribution in [2.75, 3.05) is 19.0 Å². The van der Waals surface area contributed by atoms with Gasteiger partial charge in [0.05, 0.1) is 12.2 Å². The Bertz CT molecular complexity index is 391.